The first-order valence-electron chi connectivity index (χ1n) is 10.5. The quantitative estimate of drug-likeness (QED) is 0.734. The maximum absolute atomic E-state index is 10.9. The Bertz CT molecular complexity index is 817. The van der Waals surface area contributed by atoms with E-state index in [2.05, 4.69) is 93.9 Å². The molecule has 3 rings (SSSR count). The topological polar surface area (TPSA) is 39.1 Å². The Labute approximate surface area is 175 Å². The molecule has 2 aromatic carbocycles. The zero-order valence-electron chi connectivity index (χ0n) is 18.7. The number of nitrogens with zero attached hydrogens (tertiary/aromatic N) is 3. The van der Waals surface area contributed by atoms with Crippen molar-refractivity contribution in [2.45, 2.75) is 52.4 Å². The number of phenols is 1. The Kier molecular flexibility index (Phi) is 5.92. The molecule has 4 nitrogen and oxygen atoms in total. The van der Waals surface area contributed by atoms with Gasteiger partial charge in [0.2, 0.25) is 0 Å². The summed E-state index contributed by atoms with van der Waals surface area (Å²) in [5.41, 5.74) is 4.01. The molecule has 1 saturated heterocycles. The summed E-state index contributed by atoms with van der Waals surface area (Å²) in [4.78, 5) is 2.40. The molecule has 1 fully saturated rings. The van der Waals surface area contributed by atoms with Gasteiger partial charge in [0, 0.05) is 29.9 Å². The van der Waals surface area contributed by atoms with Crippen LogP contribution in [0.25, 0.3) is 0 Å². The van der Waals surface area contributed by atoms with Crippen molar-refractivity contribution >= 4 is 11.9 Å². The fourth-order valence-corrected chi connectivity index (χ4v) is 3.73. The van der Waals surface area contributed by atoms with Crippen molar-refractivity contribution in [2.75, 3.05) is 31.1 Å². The third-order valence-corrected chi connectivity index (χ3v) is 5.50. The normalized spacial score (nSPS) is 15.9. The lowest BCUT2D eigenvalue weighted by Gasteiger charge is -2.34. The molecule has 1 heterocycles. The Morgan fingerprint density at radius 1 is 0.828 bits per heavy atom. The average Bonchev–Trinajstić information content (AvgIpc) is 2.66. The van der Waals surface area contributed by atoms with Gasteiger partial charge in [-0.15, -0.1) is 0 Å². The van der Waals surface area contributed by atoms with Crippen molar-refractivity contribution in [1.29, 1.82) is 0 Å². The number of hydrogen-bond donors (Lipinski definition) is 1. The van der Waals surface area contributed by atoms with Crippen LogP contribution in [0.1, 0.15) is 58.2 Å². The fraction of sp³-hybridized carbons (Fsp3) is 0.480. The first-order valence-corrected chi connectivity index (χ1v) is 10.5. The van der Waals surface area contributed by atoms with Crippen LogP contribution in [0.3, 0.4) is 0 Å². The fourth-order valence-electron chi connectivity index (χ4n) is 3.73. The van der Waals surface area contributed by atoms with Gasteiger partial charge in [0.25, 0.3) is 0 Å². The van der Waals surface area contributed by atoms with Gasteiger partial charge in [-0.1, -0.05) is 59.7 Å². The van der Waals surface area contributed by atoms with Crippen LogP contribution in [0.4, 0.5) is 5.69 Å². The van der Waals surface area contributed by atoms with E-state index in [1.165, 1.54) is 5.69 Å². The molecule has 0 bridgehead atoms. The molecule has 1 N–H and O–H groups in total. The lowest BCUT2D eigenvalue weighted by molar-refractivity contribution is 0.272. The molecule has 0 unspecified atom stereocenters. The summed E-state index contributed by atoms with van der Waals surface area (Å²) in [6.07, 6.45) is 1.95. The van der Waals surface area contributed by atoms with Gasteiger partial charge in [-0.3, -0.25) is 5.01 Å². The van der Waals surface area contributed by atoms with Gasteiger partial charge in [0.15, 0.2) is 0 Å². The van der Waals surface area contributed by atoms with E-state index in [1.807, 2.05) is 6.21 Å². The minimum Gasteiger partial charge on any atom is -0.507 e. The monoisotopic (exact) mass is 393 g/mol. The van der Waals surface area contributed by atoms with Crippen molar-refractivity contribution in [3.05, 3.63) is 59.2 Å². The molecule has 0 radical (unpaired) electrons. The molecule has 29 heavy (non-hydrogen) atoms. The third kappa shape index (κ3) is 5.11. The highest BCUT2D eigenvalue weighted by Crippen LogP contribution is 2.39. The van der Waals surface area contributed by atoms with Gasteiger partial charge in [-0.05, 0) is 40.7 Å². The summed E-state index contributed by atoms with van der Waals surface area (Å²) in [6, 6.07) is 14.7. The second-order valence-electron chi connectivity index (χ2n) is 9.99. The van der Waals surface area contributed by atoms with E-state index in [9.17, 15) is 5.11 Å². The van der Waals surface area contributed by atoms with E-state index in [1.54, 1.807) is 0 Å². The van der Waals surface area contributed by atoms with Crippen LogP contribution in [0, 0.1) is 0 Å². The summed E-state index contributed by atoms with van der Waals surface area (Å²) < 4.78 is 0. The predicted octanol–water partition coefficient (Wildman–Crippen LogP) is 5.14. The molecule has 1 aliphatic rings. The molecule has 0 atom stereocenters. The summed E-state index contributed by atoms with van der Waals surface area (Å²) in [5.74, 6) is 0.415. The highest BCUT2D eigenvalue weighted by Gasteiger charge is 2.26. The van der Waals surface area contributed by atoms with Gasteiger partial charge in [0.1, 0.15) is 5.75 Å². The molecular weight excluding hydrogens is 358 g/mol. The summed E-state index contributed by atoms with van der Waals surface area (Å²) >= 11 is 0. The van der Waals surface area contributed by atoms with Gasteiger partial charge in [0.05, 0.1) is 19.3 Å². The van der Waals surface area contributed by atoms with Crippen LogP contribution in [-0.2, 0) is 10.8 Å². The number of benzene rings is 2. The lowest BCUT2D eigenvalue weighted by Crippen LogP contribution is -2.44. The Hall–Kier alpha value is -2.49. The van der Waals surface area contributed by atoms with Crippen LogP contribution in [0.15, 0.2) is 47.6 Å². The number of phenolic OH excluding ortho intramolecular Hbond substituents is 1. The highest BCUT2D eigenvalue weighted by atomic mass is 16.3. The molecular formula is C25H35N3O. The van der Waals surface area contributed by atoms with Crippen LogP contribution in [0.5, 0.6) is 5.75 Å². The molecule has 2 aromatic rings. The van der Waals surface area contributed by atoms with E-state index in [0.29, 0.717) is 5.75 Å². The molecule has 0 amide bonds. The molecule has 0 aliphatic carbocycles. The van der Waals surface area contributed by atoms with Gasteiger partial charge in [-0.25, -0.2) is 0 Å². The number of para-hydroxylation sites is 1. The van der Waals surface area contributed by atoms with Crippen LogP contribution in [-0.4, -0.2) is 42.5 Å². The van der Waals surface area contributed by atoms with Crippen molar-refractivity contribution in [1.82, 2.24) is 5.01 Å². The van der Waals surface area contributed by atoms with Crippen LogP contribution in [0.2, 0.25) is 0 Å². The van der Waals surface area contributed by atoms with E-state index >= 15 is 0 Å². The Morgan fingerprint density at radius 3 is 1.83 bits per heavy atom. The van der Waals surface area contributed by atoms with Gasteiger partial charge < -0.3 is 10.0 Å². The van der Waals surface area contributed by atoms with E-state index in [-0.39, 0.29) is 10.8 Å². The van der Waals surface area contributed by atoms with Gasteiger partial charge >= 0.3 is 0 Å². The molecule has 0 aromatic heterocycles. The SMILES string of the molecule is CC(C)(C)c1cc(/C=N\N2CCN(c3ccccc3)CC2)cc(C(C)(C)C)c1O. The number of hydrogen-bond acceptors (Lipinski definition) is 4. The predicted molar refractivity (Wildman–Crippen MR) is 123 cm³/mol. The van der Waals surface area contributed by atoms with E-state index < -0.39 is 0 Å². The molecule has 156 valence electrons. The first kappa shape index (κ1) is 21.2. The number of hydrazone groups is 1. The summed E-state index contributed by atoms with van der Waals surface area (Å²) in [6.45, 7) is 16.6. The Balaban J connectivity index is 1.77. The molecule has 0 saturated carbocycles. The first-order chi connectivity index (χ1) is 13.6. The van der Waals surface area contributed by atoms with E-state index in [0.717, 1.165) is 42.9 Å². The number of aromatic hydroxyl groups is 1. The minimum atomic E-state index is -0.130. The number of anilines is 1. The second kappa shape index (κ2) is 8.10. The van der Waals surface area contributed by atoms with Crippen molar-refractivity contribution in [3.8, 4) is 5.75 Å². The third-order valence-electron chi connectivity index (χ3n) is 5.50. The maximum Gasteiger partial charge on any atom is 0.123 e. The van der Waals surface area contributed by atoms with Crippen molar-refractivity contribution in [2.24, 2.45) is 5.10 Å². The summed E-state index contributed by atoms with van der Waals surface area (Å²) in [7, 11) is 0. The average molecular weight is 394 g/mol. The zero-order chi connectivity index (χ0) is 21.2. The van der Waals surface area contributed by atoms with Crippen LogP contribution >= 0.6 is 0 Å². The standard InChI is InChI=1S/C25H35N3O/c1-24(2,3)21-16-19(17-22(23(21)29)25(4,5)6)18-26-28-14-12-27(13-15-28)20-10-8-7-9-11-20/h7-11,16-18,29H,12-15H2,1-6H3/b26-18-. The molecule has 1 aliphatic heterocycles. The number of piperazine rings is 1. The largest absolute Gasteiger partial charge is 0.507 e. The second-order valence-corrected chi connectivity index (χ2v) is 9.99. The van der Waals surface area contributed by atoms with Gasteiger partial charge in [-0.2, -0.15) is 5.10 Å². The smallest absolute Gasteiger partial charge is 0.123 e. The number of rotatable bonds is 3. The zero-order valence-corrected chi connectivity index (χ0v) is 18.7. The Morgan fingerprint density at radius 2 is 1.34 bits per heavy atom. The lowest BCUT2D eigenvalue weighted by atomic mass is 9.78. The summed E-state index contributed by atoms with van der Waals surface area (Å²) in [5, 5.41) is 17.8. The molecule has 0 spiro atoms. The van der Waals surface area contributed by atoms with Crippen molar-refractivity contribution < 1.29 is 5.11 Å². The highest BCUT2D eigenvalue weighted by molar-refractivity contribution is 5.81. The van der Waals surface area contributed by atoms with Crippen LogP contribution < -0.4 is 4.90 Å². The van der Waals surface area contributed by atoms with Crippen molar-refractivity contribution in [3.63, 3.8) is 0 Å². The minimum absolute atomic E-state index is 0.130. The maximum atomic E-state index is 10.9. The van der Waals surface area contributed by atoms with E-state index in [4.69, 9.17) is 5.10 Å². The molecule has 4 heteroatoms.